The summed E-state index contributed by atoms with van der Waals surface area (Å²) < 4.78 is 0. The van der Waals surface area contributed by atoms with Crippen molar-refractivity contribution < 1.29 is 0 Å². The maximum atomic E-state index is 5.74. The molecule has 0 atom stereocenters. The smallest absolute Gasteiger partial charge is 0.0860 e. The SMILES string of the molecule is Cc1ccc(Cl)cc1N=CN. The summed E-state index contributed by atoms with van der Waals surface area (Å²) in [7, 11) is 0. The van der Waals surface area contributed by atoms with Gasteiger partial charge in [0.25, 0.3) is 0 Å². The summed E-state index contributed by atoms with van der Waals surface area (Å²) in [5.74, 6) is 0. The molecular weight excluding hydrogens is 160 g/mol. The molecule has 0 amide bonds. The average Bonchev–Trinajstić information content (AvgIpc) is 1.98. The molecule has 0 aliphatic heterocycles. The molecule has 0 spiro atoms. The molecule has 2 N–H and O–H groups in total. The molecule has 0 aromatic heterocycles. The van der Waals surface area contributed by atoms with Gasteiger partial charge in [0.05, 0.1) is 12.0 Å². The third-order valence-corrected chi connectivity index (χ3v) is 1.62. The van der Waals surface area contributed by atoms with Gasteiger partial charge >= 0.3 is 0 Å². The normalized spacial score (nSPS) is 10.7. The quantitative estimate of drug-likeness (QED) is 0.507. The second kappa shape index (κ2) is 3.39. The highest BCUT2D eigenvalue weighted by Gasteiger charge is 1.94. The molecule has 1 aromatic rings. The molecule has 1 aromatic carbocycles. The fraction of sp³-hybridized carbons (Fsp3) is 0.125. The topological polar surface area (TPSA) is 38.4 Å². The summed E-state index contributed by atoms with van der Waals surface area (Å²) in [5.41, 5.74) is 7.03. The molecule has 0 saturated carbocycles. The number of hydrogen-bond donors (Lipinski definition) is 1. The second-order valence-electron chi connectivity index (χ2n) is 2.21. The Labute approximate surface area is 70.7 Å². The van der Waals surface area contributed by atoms with Gasteiger partial charge in [0, 0.05) is 5.02 Å². The molecular formula is C8H9ClN2. The lowest BCUT2D eigenvalue weighted by molar-refractivity contribution is 1.40. The van der Waals surface area contributed by atoms with Crippen molar-refractivity contribution in [1.29, 1.82) is 0 Å². The van der Waals surface area contributed by atoms with Crippen LogP contribution in [0.3, 0.4) is 0 Å². The Balaban J connectivity index is 3.12. The van der Waals surface area contributed by atoms with Crippen molar-refractivity contribution in [3.8, 4) is 0 Å². The highest BCUT2D eigenvalue weighted by Crippen LogP contribution is 2.22. The first-order valence-electron chi connectivity index (χ1n) is 3.24. The van der Waals surface area contributed by atoms with Crippen molar-refractivity contribution in [3.63, 3.8) is 0 Å². The second-order valence-corrected chi connectivity index (χ2v) is 2.65. The van der Waals surface area contributed by atoms with Crippen LogP contribution >= 0.6 is 11.6 Å². The van der Waals surface area contributed by atoms with Crippen LogP contribution in [0.4, 0.5) is 5.69 Å². The summed E-state index contributed by atoms with van der Waals surface area (Å²) in [6.45, 7) is 1.96. The number of benzene rings is 1. The van der Waals surface area contributed by atoms with Gasteiger partial charge in [0.2, 0.25) is 0 Å². The van der Waals surface area contributed by atoms with Crippen LogP contribution in [0.1, 0.15) is 5.56 Å². The first-order chi connectivity index (χ1) is 5.24. The molecule has 0 heterocycles. The average molecular weight is 169 g/mol. The molecule has 2 nitrogen and oxygen atoms in total. The minimum Gasteiger partial charge on any atom is -0.390 e. The minimum atomic E-state index is 0.677. The third-order valence-electron chi connectivity index (χ3n) is 1.38. The summed E-state index contributed by atoms with van der Waals surface area (Å²) in [6.07, 6.45) is 1.26. The standard InChI is InChI=1S/C8H9ClN2/c1-6-2-3-7(9)4-8(6)11-5-10/h2-5H,1H3,(H2,10,11). The summed E-state index contributed by atoms with van der Waals surface area (Å²) in [6, 6.07) is 5.51. The van der Waals surface area contributed by atoms with E-state index in [0.29, 0.717) is 5.02 Å². The van der Waals surface area contributed by atoms with Crippen LogP contribution in [-0.4, -0.2) is 6.34 Å². The fourth-order valence-corrected chi connectivity index (χ4v) is 0.968. The predicted molar refractivity (Wildman–Crippen MR) is 48.5 cm³/mol. The highest BCUT2D eigenvalue weighted by molar-refractivity contribution is 6.30. The Morgan fingerprint density at radius 3 is 2.91 bits per heavy atom. The molecule has 0 bridgehead atoms. The van der Waals surface area contributed by atoms with Crippen LogP contribution in [0.5, 0.6) is 0 Å². The van der Waals surface area contributed by atoms with Crippen molar-refractivity contribution in [1.82, 2.24) is 0 Å². The van der Waals surface area contributed by atoms with Gasteiger partial charge in [-0.1, -0.05) is 17.7 Å². The maximum Gasteiger partial charge on any atom is 0.0860 e. The van der Waals surface area contributed by atoms with E-state index in [4.69, 9.17) is 17.3 Å². The van der Waals surface area contributed by atoms with Gasteiger partial charge in [-0.3, -0.25) is 0 Å². The van der Waals surface area contributed by atoms with Crippen molar-refractivity contribution in [3.05, 3.63) is 28.8 Å². The van der Waals surface area contributed by atoms with E-state index in [1.165, 1.54) is 6.34 Å². The number of nitrogens with zero attached hydrogens (tertiary/aromatic N) is 1. The summed E-state index contributed by atoms with van der Waals surface area (Å²) in [4.78, 5) is 3.94. The van der Waals surface area contributed by atoms with Crippen molar-refractivity contribution >= 4 is 23.6 Å². The third kappa shape index (κ3) is 1.95. The Hall–Kier alpha value is -1.02. The Morgan fingerprint density at radius 1 is 1.55 bits per heavy atom. The molecule has 11 heavy (non-hydrogen) atoms. The van der Waals surface area contributed by atoms with E-state index >= 15 is 0 Å². The van der Waals surface area contributed by atoms with Crippen LogP contribution in [0.25, 0.3) is 0 Å². The minimum absolute atomic E-state index is 0.677. The monoisotopic (exact) mass is 168 g/mol. The molecule has 0 fully saturated rings. The Morgan fingerprint density at radius 2 is 2.27 bits per heavy atom. The van der Waals surface area contributed by atoms with Gasteiger partial charge in [0.1, 0.15) is 0 Å². The molecule has 0 aliphatic rings. The Kier molecular flexibility index (Phi) is 2.49. The number of aryl methyl sites for hydroxylation is 1. The van der Waals surface area contributed by atoms with Gasteiger partial charge in [0.15, 0.2) is 0 Å². The van der Waals surface area contributed by atoms with Crippen LogP contribution in [0, 0.1) is 6.92 Å². The molecule has 3 heteroatoms. The van der Waals surface area contributed by atoms with Crippen LogP contribution < -0.4 is 5.73 Å². The molecule has 0 aliphatic carbocycles. The zero-order valence-corrected chi connectivity index (χ0v) is 6.97. The van der Waals surface area contributed by atoms with Gasteiger partial charge in [-0.05, 0) is 24.6 Å². The van der Waals surface area contributed by atoms with E-state index in [1.807, 2.05) is 19.1 Å². The van der Waals surface area contributed by atoms with Gasteiger partial charge in [-0.25, -0.2) is 4.99 Å². The van der Waals surface area contributed by atoms with Gasteiger partial charge in [-0.15, -0.1) is 0 Å². The number of aliphatic imine (C=N–C) groups is 1. The van der Waals surface area contributed by atoms with Crippen molar-refractivity contribution in [2.75, 3.05) is 0 Å². The number of nitrogens with two attached hydrogens (primary N) is 1. The molecule has 0 radical (unpaired) electrons. The number of halogens is 1. The number of rotatable bonds is 1. The van der Waals surface area contributed by atoms with Crippen LogP contribution in [0.2, 0.25) is 5.02 Å². The van der Waals surface area contributed by atoms with Crippen molar-refractivity contribution in [2.24, 2.45) is 10.7 Å². The lowest BCUT2D eigenvalue weighted by Crippen LogP contribution is -1.87. The van der Waals surface area contributed by atoms with E-state index < -0.39 is 0 Å². The predicted octanol–water partition coefficient (Wildman–Crippen LogP) is 2.27. The zero-order valence-electron chi connectivity index (χ0n) is 6.21. The fourth-order valence-electron chi connectivity index (χ4n) is 0.802. The van der Waals surface area contributed by atoms with E-state index in [1.54, 1.807) is 6.07 Å². The van der Waals surface area contributed by atoms with Gasteiger partial charge in [-0.2, -0.15) is 0 Å². The first kappa shape index (κ1) is 8.08. The largest absolute Gasteiger partial charge is 0.390 e. The molecule has 0 unspecified atom stereocenters. The van der Waals surface area contributed by atoms with Crippen molar-refractivity contribution in [2.45, 2.75) is 6.92 Å². The van der Waals surface area contributed by atoms with Crippen LogP contribution in [-0.2, 0) is 0 Å². The van der Waals surface area contributed by atoms with E-state index in [9.17, 15) is 0 Å². The van der Waals surface area contributed by atoms with E-state index in [-0.39, 0.29) is 0 Å². The maximum absolute atomic E-state index is 5.74. The summed E-state index contributed by atoms with van der Waals surface area (Å²) in [5, 5.41) is 0.677. The van der Waals surface area contributed by atoms with E-state index in [2.05, 4.69) is 4.99 Å². The molecule has 1 rings (SSSR count). The van der Waals surface area contributed by atoms with Crippen LogP contribution in [0.15, 0.2) is 23.2 Å². The Bertz CT molecular complexity index is 281. The van der Waals surface area contributed by atoms with Gasteiger partial charge < -0.3 is 5.73 Å². The first-order valence-corrected chi connectivity index (χ1v) is 3.62. The zero-order chi connectivity index (χ0) is 8.27. The summed E-state index contributed by atoms with van der Waals surface area (Å²) >= 11 is 5.74. The lowest BCUT2D eigenvalue weighted by atomic mass is 10.2. The highest BCUT2D eigenvalue weighted by atomic mass is 35.5. The van der Waals surface area contributed by atoms with E-state index in [0.717, 1.165) is 11.3 Å². The lowest BCUT2D eigenvalue weighted by Gasteiger charge is -1.98. The number of hydrogen-bond acceptors (Lipinski definition) is 1. The molecule has 0 saturated heterocycles. The molecule has 58 valence electrons.